The van der Waals surface area contributed by atoms with Crippen LogP contribution in [0.2, 0.25) is 0 Å². The summed E-state index contributed by atoms with van der Waals surface area (Å²) in [5.74, 6) is 0. The number of aliphatic hydroxyl groups is 10. The fourth-order valence-electron chi connectivity index (χ4n) is 3.56. The summed E-state index contributed by atoms with van der Waals surface area (Å²) in [6.45, 7) is -0.301. The van der Waals surface area contributed by atoms with E-state index in [0.717, 1.165) is 0 Å². The van der Waals surface area contributed by atoms with Crippen molar-refractivity contribution in [3.8, 4) is 0 Å². The molecule has 15 heteroatoms. The number of carbonyl (C=O) groups excluding carboxylic acids is 1. The molecule has 0 spiro atoms. The fraction of sp³-hybridized carbons (Fsp3) is 0.944. The lowest BCUT2D eigenvalue weighted by molar-refractivity contribution is -0.362. The number of ether oxygens (including phenoxy) is 4. The molecule has 10 N–H and O–H groups in total. The van der Waals surface area contributed by atoms with E-state index in [2.05, 4.69) is 0 Å². The van der Waals surface area contributed by atoms with Gasteiger partial charge in [0.1, 0.15) is 67.1 Å². The first-order valence-electron chi connectivity index (χ1n) is 10.2. The molecule has 14 atom stereocenters. The van der Waals surface area contributed by atoms with Crippen LogP contribution in [0.1, 0.15) is 6.92 Å². The molecule has 2 saturated heterocycles. The van der Waals surface area contributed by atoms with Gasteiger partial charge in [0.15, 0.2) is 18.9 Å². The SMILES string of the molecule is C[C@@H]1O[C@@H](O[C@@H]([C@@H](O)[C@H](O)CO)[C@@H](O)C=O)[C@H](O)[C@H](O)[C@H]1O[C@@H]1O[C@H](CO)[C@@H](O)[C@H](O)[C@@H]1O. The highest BCUT2D eigenvalue weighted by Gasteiger charge is 2.50. The Morgan fingerprint density at radius 2 is 1.48 bits per heavy atom. The van der Waals surface area contributed by atoms with Gasteiger partial charge in [-0.2, -0.15) is 0 Å². The van der Waals surface area contributed by atoms with Crippen LogP contribution in [-0.4, -0.2) is 156 Å². The average Bonchev–Trinajstić information content (AvgIpc) is 2.81. The average molecular weight is 488 g/mol. The van der Waals surface area contributed by atoms with E-state index in [9.17, 15) is 50.8 Å². The summed E-state index contributed by atoms with van der Waals surface area (Å²) in [6.07, 6.45) is -23.7. The molecule has 2 fully saturated rings. The number of carbonyl (C=O) groups is 1. The van der Waals surface area contributed by atoms with Crippen molar-refractivity contribution in [1.29, 1.82) is 0 Å². The van der Waals surface area contributed by atoms with E-state index in [0.29, 0.717) is 0 Å². The van der Waals surface area contributed by atoms with Gasteiger partial charge in [-0.3, -0.25) is 0 Å². The van der Waals surface area contributed by atoms with Crippen molar-refractivity contribution in [3.05, 3.63) is 0 Å². The molecule has 0 unspecified atom stereocenters. The molecule has 194 valence electrons. The molecular formula is C18H32O15. The van der Waals surface area contributed by atoms with Gasteiger partial charge in [0.05, 0.1) is 19.3 Å². The van der Waals surface area contributed by atoms with Gasteiger partial charge in [0, 0.05) is 0 Å². The molecule has 0 amide bonds. The Balaban J connectivity index is 2.12. The van der Waals surface area contributed by atoms with Crippen molar-refractivity contribution in [2.24, 2.45) is 0 Å². The Morgan fingerprint density at radius 1 is 0.879 bits per heavy atom. The molecule has 2 aliphatic heterocycles. The maximum absolute atomic E-state index is 11.0. The molecular weight excluding hydrogens is 456 g/mol. The van der Waals surface area contributed by atoms with Gasteiger partial charge in [-0.1, -0.05) is 0 Å². The van der Waals surface area contributed by atoms with E-state index in [1.807, 2.05) is 0 Å². The van der Waals surface area contributed by atoms with Crippen LogP contribution >= 0.6 is 0 Å². The van der Waals surface area contributed by atoms with Crippen molar-refractivity contribution in [2.75, 3.05) is 13.2 Å². The topological polar surface area (TPSA) is 256 Å². The lowest BCUT2D eigenvalue weighted by atomic mass is 9.97. The lowest BCUT2D eigenvalue weighted by Crippen LogP contribution is -2.64. The maximum atomic E-state index is 11.0. The summed E-state index contributed by atoms with van der Waals surface area (Å²) in [6, 6.07) is 0. The van der Waals surface area contributed by atoms with Gasteiger partial charge in [-0.05, 0) is 6.92 Å². The number of aliphatic hydroxyl groups excluding tert-OH is 10. The van der Waals surface area contributed by atoms with Crippen LogP contribution in [0.4, 0.5) is 0 Å². The minimum atomic E-state index is -1.99. The predicted octanol–water partition coefficient (Wildman–Crippen LogP) is -6.70. The third-order valence-electron chi connectivity index (χ3n) is 5.60. The summed E-state index contributed by atoms with van der Waals surface area (Å²) < 4.78 is 21.3. The quantitative estimate of drug-likeness (QED) is 0.128. The second-order valence-electron chi connectivity index (χ2n) is 7.96. The van der Waals surface area contributed by atoms with Gasteiger partial charge in [0.2, 0.25) is 0 Å². The van der Waals surface area contributed by atoms with Crippen LogP contribution in [0.3, 0.4) is 0 Å². The summed E-state index contributed by atoms with van der Waals surface area (Å²) in [5.41, 5.74) is 0. The minimum Gasteiger partial charge on any atom is -0.394 e. The summed E-state index contributed by atoms with van der Waals surface area (Å²) >= 11 is 0. The fourth-order valence-corrected chi connectivity index (χ4v) is 3.56. The van der Waals surface area contributed by atoms with E-state index in [1.165, 1.54) is 6.92 Å². The zero-order chi connectivity index (χ0) is 25.0. The van der Waals surface area contributed by atoms with Crippen LogP contribution in [0.15, 0.2) is 0 Å². The van der Waals surface area contributed by atoms with Crippen LogP contribution in [0.5, 0.6) is 0 Å². The van der Waals surface area contributed by atoms with E-state index >= 15 is 0 Å². The first-order chi connectivity index (χ1) is 15.5. The van der Waals surface area contributed by atoms with Gasteiger partial charge in [0.25, 0.3) is 0 Å². The Kier molecular flexibility index (Phi) is 10.5. The van der Waals surface area contributed by atoms with Crippen LogP contribution < -0.4 is 0 Å². The molecule has 0 aromatic rings. The van der Waals surface area contributed by atoms with E-state index in [-0.39, 0.29) is 6.29 Å². The highest BCUT2D eigenvalue weighted by molar-refractivity contribution is 5.56. The predicted molar refractivity (Wildman–Crippen MR) is 101 cm³/mol. The molecule has 0 saturated carbocycles. The molecule has 0 aromatic carbocycles. The number of aldehydes is 1. The second kappa shape index (κ2) is 12.2. The molecule has 0 bridgehead atoms. The van der Waals surface area contributed by atoms with Crippen molar-refractivity contribution >= 4 is 6.29 Å². The normalized spacial score (nSPS) is 43.5. The van der Waals surface area contributed by atoms with Crippen LogP contribution in [-0.2, 0) is 23.7 Å². The second-order valence-corrected chi connectivity index (χ2v) is 7.96. The lowest BCUT2D eigenvalue weighted by Gasteiger charge is -2.46. The molecule has 33 heavy (non-hydrogen) atoms. The summed E-state index contributed by atoms with van der Waals surface area (Å²) in [5, 5.41) is 98.4. The van der Waals surface area contributed by atoms with Crippen molar-refractivity contribution in [3.63, 3.8) is 0 Å². The number of hydrogen-bond donors (Lipinski definition) is 10. The molecule has 2 heterocycles. The molecule has 0 aliphatic carbocycles. The Bertz CT molecular complexity index is 607. The van der Waals surface area contributed by atoms with E-state index in [1.54, 1.807) is 0 Å². The number of rotatable bonds is 10. The summed E-state index contributed by atoms with van der Waals surface area (Å²) in [4.78, 5) is 11.0. The molecule has 15 nitrogen and oxygen atoms in total. The standard InChI is InChI=1S/C18H32O15/c1-5-15(32-18-13(28)11(26)10(25)8(4-21)31-18)12(27)14(29)17(30-5)33-16(7(23)3-20)9(24)6(22)2-19/h3,5-19,21-29H,2,4H2,1H3/t5-,6+,7-,8+,9-,10+,11-,12-,13-,14+,15-,16+,17-,18-/m0/s1. The zero-order valence-electron chi connectivity index (χ0n) is 17.6. The minimum absolute atomic E-state index is 0.0158. The first kappa shape index (κ1) is 28.3. The first-order valence-corrected chi connectivity index (χ1v) is 10.2. The van der Waals surface area contributed by atoms with Crippen molar-refractivity contribution < 1.29 is 74.8 Å². The third-order valence-corrected chi connectivity index (χ3v) is 5.60. The molecule has 2 rings (SSSR count). The monoisotopic (exact) mass is 488 g/mol. The van der Waals surface area contributed by atoms with Crippen molar-refractivity contribution in [1.82, 2.24) is 0 Å². The smallest absolute Gasteiger partial charge is 0.187 e. The number of hydrogen-bond acceptors (Lipinski definition) is 15. The molecule has 0 radical (unpaired) electrons. The van der Waals surface area contributed by atoms with Gasteiger partial charge >= 0.3 is 0 Å². The van der Waals surface area contributed by atoms with Crippen molar-refractivity contribution in [2.45, 2.75) is 92.8 Å². The van der Waals surface area contributed by atoms with Gasteiger partial charge in [-0.15, -0.1) is 0 Å². The Hall–Kier alpha value is -0.890. The highest BCUT2D eigenvalue weighted by Crippen LogP contribution is 2.30. The largest absolute Gasteiger partial charge is 0.394 e. The third kappa shape index (κ3) is 6.22. The zero-order valence-corrected chi connectivity index (χ0v) is 17.6. The van der Waals surface area contributed by atoms with Crippen LogP contribution in [0, 0.1) is 0 Å². The van der Waals surface area contributed by atoms with E-state index in [4.69, 9.17) is 24.1 Å². The Labute approximate surface area is 187 Å². The Morgan fingerprint density at radius 3 is 2.03 bits per heavy atom. The summed E-state index contributed by atoms with van der Waals surface area (Å²) in [7, 11) is 0. The van der Waals surface area contributed by atoms with Gasteiger partial charge < -0.3 is 74.8 Å². The molecule has 2 aliphatic rings. The highest BCUT2D eigenvalue weighted by atomic mass is 16.7. The maximum Gasteiger partial charge on any atom is 0.187 e. The van der Waals surface area contributed by atoms with Crippen LogP contribution in [0.25, 0.3) is 0 Å². The van der Waals surface area contributed by atoms with E-state index < -0.39 is 99.0 Å². The molecule has 0 aromatic heterocycles. The van der Waals surface area contributed by atoms with Gasteiger partial charge in [-0.25, -0.2) is 0 Å².